The van der Waals surface area contributed by atoms with Crippen molar-refractivity contribution in [1.82, 2.24) is 4.98 Å². The molecular formula is C13H18N2O. The lowest BCUT2D eigenvalue weighted by atomic mass is 10.1. The van der Waals surface area contributed by atoms with Crippen molar-refractivity contribution >= 4 is 5.69 Å². The minimum atomic E-state index is 0.0574. The van der Waals surface area contributed by atoms with Gasteiger partial charge in [0, 0.05) is 36.2 Å². The number of aryl methyl sites for hydroxylation is 1. The molecule has 2 heterocycles. The van der Waals surface area contributed by atoms with Crippen LogP contribution in [0.4, 0.5) is 5.69 Å². The Balaban J connectivity index is 2.31. The topological polar surface area (TPSA) is 36.4 Å². The first-order valence-corrected chi connectivity index (χ1v) is 5.67. The summed E-state index contributed by atoms with van der Waals surface area (Å²) in [5, 5.41) is 9.32. The highest BCUT2D eigenvalue weighted by atomic mass is 16.3. The monoisotopic (exact) mass is 218 g/mol. The number of hydrogen-bond donors (Lipinski definition) is 1. The van der Waals surface area contributed by atoms with E-state index in [1.54, 1.807) is 6.20 Å². The molecule has 0 fully saturated rings. The third kappa shape index (κ3) is 2.25. The summed E-state index contributed by atoms with van der Waals surface area (Å²) < 4.78 is 0. The lowest BCUT2D eigenvalue weighted by molar-refractivity contribution is 0.281. The number of aliphatic hydroxyl groups excluding tert-OH is 1. The van der Waals surface area contributed by atoms with Crippen molar-refractivity contribution in [2.24, 2.45) is 0 Å². The molecule has 3 nitrogen and oxygen atoms in total. The maximum Gasteiger partial charge on any atom is 0.0717 e. The average molecular weight is 218 g/mol. The van der Waals surface area contributed by atoms with Gasteiger partial charge >= 0.3 is 0 Å². The summed E-state index contributed by atoms with van der Waals surface area (Å²) in [6.45, 7) is 6.17. The van der Waals surface area contributed by atoms with E-state index in [1.165, 1.54) is 5.57 Å². The van der Waals surface area contributed by atoms with Gasteiger partial charge in [0.2, 0.25) is 0 Å². The molecule has 0 saturated carbocycles. The van der Waals surface area contributed by atoms with E-state index < -0.39 is 0 Å². The van der Waals surface area contributed by atoms with Gasteiger partial charge in [-0.05, 0) is 26.3 Å². The highest BCUT2D eigenvalue weighted by molar-refractivity contribution is 5.55. The maximum atomic E-state index is 9.32. The van der Waals surface area contributed by atoms with E-state index in [-0.39, 0.29) is 6.61 Å². The predicted octanol–water partition coefficient (Wildman–Crippen LogP) is 2.04. The van der Waals surface area contributed by atoms with E-state index >= 15 is 0 Å². The zero-order valence-corrected chi connectivity index (χ0v) is 9.90. The Morgan fingerprint density at radius 1 is 1.44 bits per heavy atom. The van der Waals surface area contributed by atoms with Crippen LogP contribution in [0.3, 0.4) is 0 Å². The Bertz CT molecular complexity index is 412. The van der Waals surface area contributed by atoms with Crippen molar-refractivity contribution < 1.29 is 5.11 Å². The molecule has 1 aromatic heterocycles. The SMILES string of the molecule is CC1=CCCN(c2cc(C)ncc2CO)C1. The van der Waals surface area contributed by atoms with Crippen molar-refractivity contribution in [1.29, 1.82) is 0 Å². The molecule has 0 amide bonds. The van der Waals surface area contributed by atoms with Gasteiger partial charge in [0.25, 0.3) is 0 Å². The smallest absolute Gasteiger partial charge is 0.0717 e. The number of pyridine rings is 1. The first-order valence-electron chi connectivity index (χ1n) is 5.67. The van der Waals surface area contributed by atoms with Gasteiger partial charge in [-0.15, -0.1) is 0 Å². The molecule has 0 aromatic carbocycles. The van der Waals surface area contributed by atoms with Gasteiger partial charge in [-0.3, -0.25) is 4.98 Å². The van der Waals surface area contributed by atoms with Crippen LogP contribution in [0.1, 0.15) is 24.6 Å². The summed E-state index contributed by atoms with van der Waals surface area (Å²) in [6.07, 6.45) is 5.14. The molecule has 1 aromatic rings. The van der Waals surface area contributed by atoms with Gasteiger partial charge in [-0.1, -0.05) is 11.6 Å². The first-order chi connectivity index (χ1) is 7.70. The summed E-state index contributed by atoms with van der Waals surface area (Å²) in [4.78, 5) is 6.54. The Morgan fingerprint density at radius 2 is 2.25 bits per heavy atom. The Kier molecular flexibility index (Phi) is 3.25. The first kappa shape index (κ1) is 11.1. The fraction of sp³-hybridized carbons (Fsp3) is 0.462. The lowest BCUT2D eigenvalue weighted by Gasteiger charge is -2.30. The van der Waals surface area contributed by atoms with Crippen molar-refractivity contribution in [2.45, 2.75) is 26.9 Å². The molecule has 86 valence electrons. The Labute approximate surface area is 96.4 Å². The molecule has 0 atom stereocenters. The average Bonchev–Trinajstić information content (AvgIpc) is 2.29. The third-order valence-corrected chi connectivity index (χ3v) is 2.94. The normalized spacial score (nSPS) is 16.2. The second-order valence-corrected chi connectivity index (χ2v) is 4.37. The molecule has 0 radical (unpaired) electrons. The van der Waals surface area contributed by atoms with E-state index in [0.29, 0.717) is 0 Å². The summed E-state index contributed by atoms with van der Waals surface area (Å²) in [5.41, 5.74) is 4.44. The van der Waals surface area contributed by atoms with Gasteiger partial charge in [0.15, 0.2) is 0 Å². The van der Waals surface area contributed by atoms with E-state index in [9.17, 15) is 5.11 Å². The summed E-state index contributed by atoms with van der Waals surface area (Å²) in [5.74, 6) is 0. The van der Waals surface area contributed by atoms with Crippen molar-refractivity contribution in [3.63, 3.8) is 0 Å². The fourth-order valence-corrected chi connectivity index (χ4v) is 2.11. The standard InChI is InChI=1S/C13H18N2O/c1-10-4-3-5-15(8-10)13-6-11(2)14-7-12(13)9-16/h4,6-7,16H,3,5,8-9H2,1-2H3. The number of aliphatic hydroxyl groups is 1. The Morgan fingerprint density at radius 3 is 2.94 bits per heavy atom. The zero-order valence-electron chi connectivity index (χ0n) is 9.90. The summed E-state index contributed by atoms with van der Waals surface area (Å²) in [6, 6.07) is 2.06. The largest absolute Gasteiger partial charge is 0.392 e. The van der Waals surface area contributed by atoms with E-state index in [1.807, 2.05) is 6.92 Å². The van der Waals surface area contributed by atoms with Crippen molar-refractivity contribution in [3.8, 4) is 0 Å². The van der Waals surface area contributed by atoms with Crippen LogP contribution >= 0.6 is 0 Å². The highest BCUT2D eigenvalue weighted by Gasteiger charge is 2.14. The van der Waals surface area contributed by atoms with Crippen LogP contribution in [-0.4, -0.2) is 23.2 Å². The van der Waals surface area contributed by atoms with Crippen molar-refractivity contribution in [2.75, 3.05) is 18.0 Å². The second kappa shape index (κ2) is 4.66. The van der Waals surface area contributed by atoms with Crippen LogP contribution in [0.15, 0.2) is 23.9 Å². The maximum absolute atomic E-state index is 9.32. The number of hydrogen-bond acceptors (Lipinski definition) is 3. The summed E-state index contributed by atoms with van der Waals surface area (Å²) >= 11 is 0. The second-order valence-electron chi connectivity index (χ2n) is 4.37. The number of rotatable bonds is 2. The molecule has 1 N–H and O–H groups in total. The van der Waals surface area contributed by atoms with Crippen LogP contribution in [0.25, 0.3) is 0 Å². The van der Waals surface area contributed by atoms with E-state index in [2.05, 4.69) is 29.0 Å². The quantitative estimate of drug-likeness (QED) is 0.772. The minimum absolute atomic E-state index is 0.0574. The Hall–Kier alpha value is -1.35. The van der Waals surface area contributed by atoms with Crippen LogP contribution in [0.5, 0.6) is 0 Å². The highest BCUT2D eigenvalue weighted by Crippen LogP contribution is 2.24. The van der Waals surface area contributed by atoms with Crippen LogP contribution < -0.4 is 4.90 Å². The summed E-state index contributed by atoms with van der Waals surface area (Å²) in [7, 11) is 0. The molecule has 0 unspecified atom stereocenters. The molecule has 16 heavy (non-hydrogen) atoms. The van der Waals surface area contributed by atoms with E-state index in [4.69, 9.17) is 0 Å². The predicted molar refractivity (Wildman–Crippen MR) is 65.5 cm³/mol. The van der Waals surface area contributed by atoms with Gasteiger partial charge in [-0.2, -0.15) is 0 Å². The molecule has 0 saturated heterocycles. The van der Waals surface area contributed by atoms with E-state index in [0.717, 1.165) is 36.5 Å². The lowest BCUT2D eigenvalue weighted by Crippen LogP contribution is -2.30. The van der Waals surface area contributed by atoms with Gasteiger partial charge in [0.05, 0.1) is 6.61 Å². The molecule has 0 aliphatic carbocycles. The molecule has 1 aliphatic rings. The minimum Gasteiger partial charge on any atom is -0.392 e. The zero-order chi connectivity index (χ0) is 11.5. The molecule has 0 spiro atoms. The molecular weight excluding hydrogens is 200 g/mol. The fourth-order valence-electron chi connectivity index (χ4n) is 2.11. The molecule has 3 heteroatoms. The van der Waals surface area contributed by atoms with Crippen LogP contribution in [0, 0.1) is 6.92 Å². The van der Waals surface area contributed by atoms with Crippen LogP contribution in [0.2, 0.25) is 0 Å². The third-order valence-electron chi connectivity index (χ3n) is 2.94. The molecule has 2 rings (SSSR count). The van der Waals surface area contributed by atoms with Crippen molar-refractivity contribution in [3.05, 3.63) is 35.2 Å². The van der Waals surface area contributed by atoms with Gasteiger partial charge in [-0.25, -0.2) is 0 Å². The number of anilines is 1. The molecule has 0 bridgehead atoms. The molecule has 1 aliphatic heterocycles. The van der Waals surface area contributed by atoms with Crippen LogP contribution in [-0.2, 0) is 6.61 Å². The number of nitrogens with zero attached hydrogens (tertiary/aromatic N) is 2. The number of aromatic nitrogens is 1. The van der Waals surface area contributed by atoms with Gasteiger partial charge in [0.1, 0.15) is 0 Å². The van der Waals surface area contributed by atoms with Gasteiger partial charge < -0.3 is 10.0 Å².